The van der Waals surface area contributed by atoms with Crippen molar-refractivity contribution in [3.63, 3.8) is 0 Å². The molecule has 4 heteroatoms. The van der Waals surface area contributed by atoms with E-state index in [4.69, 9.17) is 0 Å². The van der Waals surface area contributed by atoms with Crippen molar-refractivity contribution in [3.8, 4) is 0 Å². The molecule has 24 heavy (non-hydrogen) atoms. The zero-order chi connectivity index (χ0) is 16.4. The zero-order valence-electron chi connectivity index (χ0n) is 13.7. The summed E-state index contributed by atoms with van der Waals surface area (Å²) in [5.74, 6) is 0.315. The van der Waals surface area contributed by atoms with Gasteiger partial charge in [0.15, 0.2) is 0 Å². The quantitative estimate of drug-likeness (QED) is 0.859. The molecule has 1 unspecified atom stereocenters. The number of hydrogen-bond acceptors (Lipinski definition) is 3. The molecule has 1 saturated heterocycles. The molecule has 1 amide bonds. The Bertz CT molecular complexity index is 686. The van der Waals surface area contributed by atoms with Crippen molar-refractivity contribution >= 4 is 17.7 Å². The lowest BCUT2D eigenvalue weighted by molar-refractivity contribution is -0.132. The SMILES string of the molecule is O=C(C1Cc2ccccc2S1)N1CCN(Cc2ccccc2)CC1. The monoisotopic (exact) mass is 338 g/mol. The van der Waals surface area contributed by atoms with Gasteiger partial charge < -0.3 is 4.90 Å². The lowest BCUT2D eigenvalue weighted by Gasteiger charge is -2.35. The van der Waals surface area contributed by atoms with Gasteiger partial charge in [-0.3, -0.25) is 9.69 Å². The van der Waals surface area contributed by atoms with E-state index in [1.54, 1.807) is 11.8 Å². The van der Waals surface area contributed by atoms with Crippen molar-refractivity contribution in [2.75, 3.05) is 26.2 Å². The van der Waals surface area contributed by atoms with E-state index in [1.807, 2.05) is 0 Å². The number of hydrogen-bond donors (Lipinski definition) is 0. The summed E-state index contributed by atoms with van der Waals surface area (Å²) >= 11 is 1.74. The molecule has 1 fully saturated rings. The van der Waals surface area contributed by atoms with Crippen molar-refractivity contribution < 1.29 is 4.79 Å². The lowest BCUT2D eigenvalue weighted by atomic mass is 10.1. The molecule has 0 spiro atoms. The number of carbonyl (C=O) groups excluding carboxylic acids is 1. The van der Waals surface area contributed by atoms with Gasteiger partial charge in [-0.25, -0.2) is 0 Å². The molecule has 124 valence electrons. The van der Waals surface area contributed by atoms with Gasteiger partial charge in [-0.15, -0.1) is 11.8 Å². The summed E-state index contributed by atoms with van der Waals surface area (Å²) < 4.78 is 0. The Hall–Kier alpha value is -1.78. The molecule has 0 radical (unpaired) electrons. The highest BCUT2D eigenvalue weighted by atomic mass is 32.2. The number of nitrogens with zero attached hydrogens (tertiary/aromatic N) is 2. The predicted molar refractivity (Wildman–Crippen MR) is 98.1 cm³/mol. The van der Waals surface area contributed by atoms with Crippen LogP contribution in [0.2, 0.25) is 0 Å². The van der Waals surface area contributed by atoms with Crippen molar-refractivity contribution in [2.24, 2.45) is 0 Å². The smallest absolute Gasteiger partial charge is 0.236 e. The van der Waals surface area contributed by atoms with Crippen LogP contribution in [0.15, 0.2) is 59.5 Å². The average molecular weight is 338 g/mol. The Morgan fingerprint density at radius 3 is 2.42 bits per heavy atom. The zero-order valence-corrected chi connectivity index (χ0v) is 14.5. The van der Waals surface area contributed by atoms with Gasteiger partial charge in [-0.1, -0.05) is 48.5 Å². The van der Waals surface area contributed by atoms with Crippen LogP contribution in [0.25, 0.3) is 0 Å². The fraction of sp³-hybridized carbons (Fsp3) is 0.350. The van der Waals surface area contributed by atoms with Crippen LogP contribution in [0, 0.1) is 0 Å². The molecule has 4 rings (SSSR count). The minimum Gasteiger partial charge on any atom is -0.339 e. The molecule has 3 nitrogen and oxygen atoms in total. The van der Waals surface area contributed by atoms with E-state index in [9.17, 15) is 4.79 Å². The van der Waals surface area contributed by atoms with E-state index in [1.165, 1.54) is 16.0 Å². The van der Waals surface area contributed by atoms with Gasteiger partial charge in [0.05, 0.1) is 5.25 Å². The molecule has 2 heterocycles. The van der Waals surface area contributed by atoms with Gasteiger partial charge in [0.25, 0.3) is 0 Å². The van der Waals surface area contributed by atoms with Crippen LogP contribution in [-0.4, -0.2) is 47.1 Å². The van der Waals surface area contributed by atoms with E-state index >= 15 is 0 Å². The van der Waals surface area contributed by atoms with E-state index < -0.39 is 0 Å². The predicted octanol–water partition coefficient (Wildman–Crippen LogP) is 3.05. The highest BCUT2D eigenvalue weighted by Crippen LogP contribution is 2.37. The van der Waals surface area contributed by atoms with Crippen LogP contribution in [0.1, 0.15) is 11.1 Å². The van der Waals surface area contributed by atoms with Gasteiger partial charge in [0, 0.05) is 37.6 Å². The van der Waals surface area contributed by atoms with Crippen molar-refractivity contribution in [1.29, 1.82) is 0 Å². The maximum atomic E-state index is 12.8. The van der Waals surface area contributed by atoms with E-state index in [0.717, 1.165) is 39.1 Å². The van der Waals surface area contributed by atoms with Crippen molar-refractivity contribution in [2.45, 2.75) is 23.1 Å². The molecule has 2 aliphatic rings. The fourth-order valence-corrected chi connectivity index (χ4v) is 4.77. The topological polar surface area (TPSA) is 23.6 Å². The van der Waals surface area contributed by atoms with Crippen LogP contribution in [-0.2, 0) is 17.8 Å². The first-order chi connectivity index (χ1) is 11.8. The molecule has 0 bridgehead atoms. The van der Waals surface area contributed by atoms with E-state index in [0.29, 0.717) is 5.91 Å². The first-order valence-electron chi connectivity index (χ1n) is 8.59. The van der Waals surface area contributed by atoms with E-state index in [-0.39, 0.29) is 5.25 Å². The minimum atomic E-state index is 0.0723. The summed E-state index contributed by atoms with van der Waals surface area (Å²) in [5.41, 5.74) is 2.67. The van der Waals surface area contributed by atoms with Crippen LogP contribution >= 0.6 is 11.8 Å². The average Bonchev–Trinajstić information content (AvgIpc) is 3.07. The summed E-state index contributed by atoms with van der Waals surface area (Å²) in [4.78, 5) is 18.6. The van der Waals surface area contributed by atoms with Crippen molar-refractivity contribution in [1.82, 2.24) is 9.80 Å². The Morgan fingerprint density at radius 2 is 1.67 bits per heavy atom. The van der Waals surface area contributed by atoms with Crippen LogP contribution in [0.4, 0.5) is 0 Å². The van der Waals surface area contributed by atoms with Gasteiger partial charge in [0.2, 0.25) is 5.91 Å². The Kier molecular flexibility index (Phi) is 4.58. The molecule has 2 aromatic carbocycles. The molecular weight excluding hydrogens is 316 g/mol. The standard InChI is InChI=1S/C20H22N2OS/c23-20(19-14-17-8-4-5-9-18(17)24-19)22-12-10-21(11-13-22)15-16-6-2-1-3-7-16/h1-9,19H,10-15H2. The normalized spacial score (nSPS) is 20.8. The number of fused-ring (bicyclic) bond motifs is 1. The summed E-state index contributed by atoms with van der Waals surface area (Å²) in [6.45, 7) is 4.60. The summed E-state index contributed by atoms with van der Waals surface area (Å²) in [6, 6.07) is 19.0. The molecule has 0 N–H and O–H groups in total. The van der Waals surface area contributed by atoms with Crippen LogP contribution in [0.3, 0.4) is 0 Å². The van der Waals surface area contributed by atoms with Crippen molar-refractivity contribution in [3.05, 3.63) is 65.7 Å². The second kappa shape index (κ2) is 6.99. The molecule has 2 aliphatic heterocycles. The fourth-order valence-electron chi connectivity index (χ4n) is 3.49. The summed E-state index contributed by atoms with van der Waals surface area (Å²) in [7, 11) is 0. The third-order valence-electron chi connectivity index (χ3n) is 4.86. The maximum absolute atomic E-state index is 12.8. The number of thioether (sulfide) groups is 1. The first kappa shape index (κ1) is 15.7. The summed E-state index contributed by atoms with van der Waals surface area (Å²) in [6.07, 6.45) is 0.879. The summed E-state index contributed by atoms with van der Waals surface area (Å²) in [5, 5.41) is 0.0723. The van der Waals surface area contributed by atoms with E-state index in [2.05, 4.69) is 64.4 Å². The van der Waals surface area contributed by atoms with Gasteiger partial charge in [0.1, 0.15) is 0 Å². The number of carbonyl (C=O) groups is 1. The first-order valence-corrected chi connectivity index (χ1v) is 9.47. The van der Waals surface area contributed by atoms with Gasteiger partial charge >= 0.3 is 0 Å². The molecular formula is C20H22N2OS. The molecule has 0 aliphatic carbocycles. The van der Waals surface area contributed by atoms with Gasteiger partial charge in [-0.2, -0.15) is 0 Å². The van der Waals surface area contributed by atoms with Crippen LogP contribution < -0.4 is 0 Å². The Balaban J connectivity index is 1.31. The molecule has 1 atom stereocenters. The number of benzene rings is 2. The largest absolute Gasteiger partial charge is 0.339 e. The third kappa shape index (κ3) is 3.35. The Morgan fingerprint density at radius 1 is 0.958 bits per heavy atom. The molecule has 2 aromatic rings. The lowest BCUT2D eigenvalue weighted by Crippen LogP contribution is -2.50. The second-order valence-corrected chi connectivity index (χ2v) is 7.75. The number of rotatable bonds is 3. The highest BCUT2D eigenvalue weighted by Gasteiger charge is 2.32. The maximum Gasteiger partial charge on any atom is 0.236 e. The second-order valence-electron chi connectivity index (χ2n) is 6.51. The van der Waals surface area contributed by atoms with Crippen LogP contribution in [0.5, 0.6) is 0 Å². The third-order valence-corrected chi connectivity index (χ3v) is 6.16. The Labute approximate surface area is 147 Å². The number of amides is 1. The minimum absolute atomic E-state index is 0.0723. The number of piperazine rings is 1. The van der Waals surface area contributed by atoms with Gasteiger partial charge in [-0.05, 0) is 23.6 Å². The molecule has 0 saturated carbocycles. The highest BCUT2D eigenvalue weighted by molar-refractivity contribution is 8.01. The molecule has 0 aromatic heterocycles.